The summed E-state index contributed by atoms with van der Waals surface area (Å²) < 4.78 is 5.33. The Morgan fingerprint density at radius 2 is 2.05 bits per heavy atom. The fourth-order valence-corrected chi connectivity index (χ4v) is 2.05. The Bertz CT molecular complexity index is 777. The van der Waals surface area contributed by atoms with Crippen LogP contribution in [0.1, 0.15) is 10.4 Å². The summed E-state index contributed by atoms with van der Waals surface area (Å²) in [5.74, 6) is 0.0958. The third-order valence-corrected chi connectivity index (χ3v) is 2.96. The van der Waals surface area contributed by atoms with Gasteiger partial charge in [0.1, 0.15) is 0 Å². The maximum Gasteiger partial charge on any atom is 0.292 e. The molecule has 0 aliphatic heterocycles. The van der Waals surface area contributed by atoms with Crippen LogP contribution in [-0.2, 0) is 0 Å². The molecule has 3 rings (SSSR count). The molecular formula is C14H11N3O2. The van der Waals surface area contributed by atoms with Crippen molar-refractivity contribution in [3.05, 3.63) is 48.2 Å². The van der Waals surface area contributed by atoms with E-state index in [0.717, 1.165) is 16.3 Å². The van der Waals surface area contributed by atoms with Crippen LogP contribution in [0, 0.1) is 0 Å². The number of nitrogens with two attached hydrogens (primary N) is 2. The third kappa shape index (κ3) is 1.91. The number of carbonyl (C=O) groups is 1. The van der Waals surface area contributed by atoms with Crippen LogP contribution in [0.4, 0.5) is 6.01 Å². The Hall–Kier alpha value is -2.82. The summed E-state index contributed by atoms with van der Waals surface area (Å²) >= 11 is 0. The molecule has 0 spiro atoms. The van der Waals surface area contributed by atoms with Crippen LogP contribution in [0.2, 0.25) is 0 Å². The molecular weight excluding hydrogens is 242 g/mol. The predicted molar refractivity (Wildman–Crippen MR) is 72.4 cm³/mol. The van der Waals surface area contributed by atoms with E-state index in [1.54, 1.807) is 18.3 Å². The lowest BCUT2D eigenvalue weighted by Gasteiger charge is -2.05. The normalized spacial score (nSPS) is 10.7. The number of rotatable bonds is 2. The highest BCUT2D eigenvalue weighted by atomic mass is 16.4. The molecule has 0 fully saturated rings. The Morgan fingerprint density at radius 1 is 1.21 bits per heavy atom. The number of carbonyl (C=O) groups excluding carboxylic acids is 1. The highest BCUT2D eigenvalue weighted by molar-refractivity contribution is 6.02. The summed E-state index contributed by atoms with van der Waals surface area (Å²) in [6.45, 7) is 0. The van der Waals surface area contributed by atoms with E-state index in [1.165, 1.54) is 0 Å². The van der Waals surface area contributed by atoms with Crippen LogP contribution in [0.15, 0.2) is 47.0 Å². The molecule has 2 aromatic carbocycles. The molecule has 4 N–H and O–H groups in total. The molecule has 0 aliphatic rings. The van der Waals surface area contributed by atoms with Crippen molar-refractivity contribution in [3.63, 3.8) is 0 Å². The molecule has 0 radical (unpaired) electrons. The first-order valence-corrected chi connectivity index (χ1v) is 5.69. The predicted octanol–water partition coefficient (Wildman–Crippen LogP) is 2.18. The van der Waals surface area contributed by atoms with Crippen LogP contribution >= 0.6 is 0 Å². The number of nitrogen functional groups attached to an aromatic ring is 1. The fourth-order valence-electron chi connectivity index (χ4n) is 2.05. The van der Waals surface area contributed by atoms with Crippen molar-refractivity contribution >= 4 is 22.7 Å². The highest BCUT2D eigenvalue weighted by Gasteiger charge is 2.10. The number of amides is 1. The molecule has 0 unspecified atom stereocenters. The van der Waals surface area contributed by atoms with E-state index in [2.05, 4.69) is 4.98 Å². The van der Waals surface area contributed by atoms with Crippen LogP contribution in [-0.4, -0.2) is 10.9 Å². The summed E-state index contributed by atoms with van der Waals surface area (Å²) in [7, 11) is 0. The molecule has 0 aliphatic carbocycles. The first-order chi connectivity index (χ1) is 9.15. The van der Waals surface area contributed by atoms with Gasteiger partial charge in [-0.15, -0.1) is 0 Å². The van der Waals surface area contributed by atoms with E-state index in [9.17, 15) is 4.79 Å². The fraction of sp³-hybridized carbons (Fsp3) is 0. The second kappa shape index (κ2) is 4.13. The smallest absolute Gasteiger partial charge is 0.292 e. The summed E-state index contributed by atoms with van der Waals surface area (Å²) in [4.78, 5) is 15.1. The Labute approximate surface area is 108 Å². The van der Waals surface area contributed by atoms with Crippen LogP contribution in [0.3, 0.4) is 0 Å². The maximum atomic E-state index is 11.3. The summed E-state index contributed by atoms with van der Waals surface area (Å²) in [6, 6.07) is 11.1. The molecule has 1 amide bonds. The van der Waals surface area contributed by atoms with E-state index < -0.39 is 5.91 Å². The summed E-state index contributed by atoms with van der Waals surface area (Å²) in [5.41, 5.74) is 12.1. The summed E-state index contributed by atoms with van der Waals surface area (Å²) in [6.07, 6.45) is 1.56. The standard InChI is InChI=1S/C14H11N3O2/c15-13(18)9-5-4-8-2-1-3-10(11(8)6-9)12-7-17-14(16)19-12/h1-7H,(H2,15,18)(H2,16,17). The van der Waals surface area contributed by atoms with Gasteiger partial charge in [0.2, 0.25) is 5.91 Å². The number of aromatic nitrogens is 1. The van der Waals surface area contributed by atoms with E-state index in [0.29, 0.717) is 11.3 Å². The van der Waals surface area contributed by atoms with Gasteiger partial charge in [0.25, 0.3) is 6.01 Å². The monoisotopic (exact) mass is 253 g/mol. The van der Waals surface area contributed by atoms with Gasteiger partial charge in [0.05, 0.1) is 6.20 Å². The van der Waals surface area contributed by atoms with E-state index in [1.807, 2.05) is 24.3 Å². The van der Waals surface area contributed by atoms with Crippen molar-refractivity contribution < 1.29 is 9.21 Å². The highest BCUT2D eigenvalue weighted by Crippen LogP contribution is 2.30. The zero-order valence-electron chi connectivity index (χ0n) is 9.96. The van der Waals surface area contributed by atoms with Gasteiger partial charge < -0.3 is 15.9 Å². The maximum absolute atomic E-state index is 11.3. The van der Waals surface area contributed by atoms with Crippen molar-refractivity contribution in [1.29, 1.82) is 0 Å². The van der Waals surface area contributed by atoms with Gasteiger partial charge in [0.15, 0.2) is 5.76 Å². The number of hydrogen-bond acceptors (Lipinski definition) is 4. The van der Waals surface area contributed by atoms with Gasteiger partial charge in [-0.05, 0) is 22.9 Å². The van der Waals surface area contributed by atoms with Gasteiger partial charge in [-0.25, -0.2) is 4.98 Å². The average molecular weight is 253 g/mol. The van der Waals surface area contributed by atoms with E-state index >= 15 is 0 Å². The molecule has 1 aromatic heterocycles. The SMILES string of the molecule is NC(=O)c1ccc2cccc(-c3cnc(N)o3)c2c1. The van der Waals surface area contributed by atoms with Crippen molar-refractivity contribution in [2.45, 2.75) is 0 Å². The molecule has 0 bridgehead atoms. The van der Waals surface area contributed by atoms with Gasteiger partial charge >= 0.3 is 0 Å². The second-order valence-electron chi connectivity index (χ2n) is 4.17. The number of oxazole rings is 1. The van der Waals surface area contributed by atoms with Gasteiger partial charge in [-0.3, -0.25) is 4.79 Å². The number of benzene rings is 2. The lowest BCUT2D eigenvalue weighted by Crippen LogP contribution is -2.10. The molecule has 1 heterocycles. The van der Waals surface area contributed by atoms with E-state index in [4.69, 9.17) is 15.9 Å². The second-order valence-corrected chi connectivity index (χ2v) is 4.17. The van der Waals surface area contributed by atoms with Crippen molar-refractivity contribution in [3.8, 4) is 11.3 Å². The van der Waals surface area contributed by atoms with Crippen molar-refractivity contribution in [2.75, 3.05) is 5.73 Å². The Balaban J connectivity index is 2.29. The van der Waals surface area contributed by atoms with Crippen LogP contribution in [0.25, 0.3) is 22.1 Å². The number of nitrogens with zero attached hydrogens (tertiary/aromatic N) is 1. The molecule has 0 saturated heterocycles. The minimum absolute atomic E-state index is 0.109. The van der Waals surface area contributed by atoms with Gasteiger partial charge in [-0.2, -0.15) is 0 Å². The molecule has 3 aromatic rings. The zero-order chi connectivity index (χ0) is 13.4. The lowest BCUT2D eigenvalue weighted by atomic mass is 10.0. The molecule has 94 valence electrons. The molecule has 5 heteroatoms. The average Bonchev–Trinajstić information content (AvgIpc) is 2.84. The zero-order valence-corrected chi connectivity index (χ0v) is 9.96. The Morgan fingerprint density at radius 3 is 2.74 bits per heavy atom. The van der Waals surface area contributed by atoms with Crippen LogP contribution in [0.5, 0.6) is 0 Å². The lowest BCUT2D eigenvalue weighted by molar-refractivity contribution is 0.100. The molecule has 5 nitrogen and oxygen atoms in total. The van der Waals surface area contributed by atoms with E-state index in [-0.39, 0.29) is 6.01 Å². The minimum atomic E-state index is -0.464. The largest absolute Gasteiger partial charge is 0.424 e. The first-order valence-electron chi connectivity index (χ1n) is 5.69. The van der Waals surface area contributed by atoms with Crippen molar-refractivity contribution in [1.82, 2.24) is 4.98 Å². The number of anilines is 1. The minimum Gasteiger partial charge on any atom is -0.424 e. The molecule has 19 heavy (non-hydrogen) atoms. The quantitative estimate of drug-likeness (QED) is 0.731. The van der Waals surface area contributed by atoms with Gasteiger partial charge in [-0.1, -0.05) is 24.3 Å². The number of primary amides is 1. The topological polar surface area (TPSA) is 95.1 Å². The van der Waals surface area contributed by atoms with Gasteiger partial charge in [0, 0.05) is 11.1 Å². The first kappa shape index (κ1) is 11.3. The Kier molecular flexibility index (Phi) is 2.45. The molecule has 0 saturated carbocycles. The molecule has 0 atom stereocenters. The van der Waals surface area contributed by atoms with Crippen molar-refractivity contribution in [2.24, 2.45) is 5.73 Å². The summed E-state index contributed by atoms with van der Waals surface area (Å²) in [5, 5.41) is 1.85. The van der Waals surface area contributed by atoms with Crippen LogP contribution < -0.4 is 11.5 Å². The third-order valence-electron chi connectivity index (χ3n) is 2.96. The number of hydrogen-bond donors (Lipinski definition) is 2. The number of fused-ring (bicyclic) bond motifs is 1.